The zero-order valence-corrected chi connectivity index (χ0v) is 20.9. The molecule has 1 saturated heterocycles. The summed E-state index contributed by atoms with van der Waals surface area (Å²) in [5.41, 5.74) is 8.83. The van der Waals surface area contributed by atoms with Gasteiger partial charge in [-0.15, -0.1) is 0 Å². The van der Waals surface area contributed by atoms with Crippen molar-refractivity contribution in [3.05, 3.63) is 83.8 Å². The van der Waals surface area contributed by atoms with Gasteiger partial charge in [0.2, 0.25) is 0 Å². The number of fused-ring (bicyclic) bond motifs is 1. The van der Waals surface area contributed by atoms with Crippen molar-refractivity contribution in [1.82, 2.24) is 18.0 Å². The van der Waals surface area contributed by atoms with Crippen molar-refractivity contribution in [3.8, 4) is 11.8 Å². The molecule has 0 saturated carbocycles. The molecule has 7 nitrogen and oxygen atoms in total. The van der Waals surface area contributed by atoms with Gasteiger partial charge in [-0.25, -0.2) is 0 Å². The molecule has 1 aliphatic rings. The van der Waals surface area contributed by atoms with Crippen molar-refractivity contribution >= 4 is 44.4 Å². The van der Waals surface area contributed by atoms with Crippen LogP contribution in [0.4, 0.5) is 5.82 Å². The molecule has 1 unspecified atom stereocenters. The summed E-state index contributed by atoms with van der Waals surface area (Å²) in [7, 11) is 3.44. The monoisotopic (exact) mass is 586 g/mol. The molecule has 1 aliphatic heterocycles. The molecule has 2 atom stereocenters. The second kappa shape index (κ2) is 10.0. The minimum atomic E-state index is -0.723. The number of hydrogen-bond donors (Lipinski definition) is 1. The average Bonchev–Trinajstić information content (AvgIpc) is 3.44. The molecule has 0 spiro atoms. The molecule has 2 aromatic carbocycles. The maximum absolute atomic E-state index is 12.6. The van der Waals surface area contributed by atoms with Crippen LogP contribution in [0.25, 0.3) is 11.0 Å². The van der Waals surface area contributed by atoms with E-state index in [1.165, 1.54) is 6.33 Å². The Morgan fingerprint density at radius 3 is 2.64 bits per heavy atom. The van der Waals surface area contributed by atoms with E-state index >= 15 is 0 Å². The standard InChI is InChI=1S/C23H17IN5O2S2/c25-21-19-17(12-11-15-7-3-1-4-8-15)28-29(22(19)27-14-26-21)24-20-18(13-32-33-20)31-23(30)16-9-5-2-6-10-16/h1-10,14,18,20H,13H2,(H2,25,26,27)/q-1/t18?,20-/m0/s1. The van der Waals surface area contributed by atoms with Crippen LogP contribution in [-0.4, -0.2) is 39.0 Å². The number of rotatable bonds is 4. The maximum atomic E-state index is 12.6. The van der Waals surface area contributed by atoms with Gasteiger partial charge < -0.3 is 0 Å². The second-order valence-corrected chi connectivity index (χ2v) is 13.1. The number of anilines is 1. The third kappa shape index (κ3) is 4.95. The molecule has 10 heteroatoms. The number of carbonyl (C=O) groups is 1. The van der Waals surface area contributed by atoms with E-state index in [4.69, 9.17) is 15.6 Å². The van der Waals surface area contributed by atoms with Crippen LogP contribution in [0.2, 0.25) is 0 Å². The topological polar surface area (TPSA) is 95.9 Å². The molecule has 2 aromatic heterocycles. The zero-order chi connectivity index (χ0) is 22.6. The molecule has 0 aliphatic carbocycles. The quantitative estimate of drug-likeness (QED) is 0.122. The van der Waals surface area contributed by atoms with E-state index in [-0.39, 0.29) is 15.3 Å². The Kier molecular flexibility index (Phi) is 6.70. The van der Waals surface area contributed by atoms with Crippen molar-refractivity contribution in [2.45, 2.75) is 9.36 Å². The first kappa shape index (κ1) is 22.1. The summed E-state index contributed by atoms with van der Waals surface area (Å²) in [6.07, 6.45) is 1.25. The van der Waals surface area contributed by atoms with Crippen LogP contribution in [0.1, 0.15) is 21.6 Å². The molecule has 166 valence electrons. The average molecular weight is 586 g/mol. The van der Waals surface area contributed by atoms with E-state index < -0.39 is 21.5 Å². The molecule has 0 bridgehead atoms. The third-order valence-corrected chi connectivity index (χ3v) is 12.1. The van der Waals surface area contributed by atoms with Gasteiger partial charge in [-0.2, -0.15) is 0 Å². The number of alkyl halides is 1. The molecule has 0 amide bonds. The number of esters is 1. The van der Waals surface area contributed by atoms with Gasteiger partial charge in [0.05, 0.1) is 0 Å². The van der Waals surface area contributed by atoms with Crippen LogP contribution in [0.15, 0.2) is 67.0 Å². The van der Waals surface area contributed by atoms with Crippen LogP contribution in [0.3, 0.4) is 0 Å². The summed E-state index contributed by atoms with van der Waals surface area (Å²) < 4.78 is 7.87. The van der Waals surface area contributed by atoms with Crippen LogP contribution in [0.5, 0.6) is 0 Å². The first-order chi connectivity index (χ1) is 16.2. The molecule has 3 heterocycles. The van der Waals surface area contributed by atoms with Crippen LogP contribution >= 0.6 is 21.6 Å². The zero-order valence-electron chi connectivity index (χ0n) is 17.1. The predicted octanol–water partition coefficient (Wildman–Crippen LogP) is 0.607. The molecule has 33 heavy (non-hydrogen) atoms. The molecular formula is C23H17IN5O2S2-. The fraction of sp³-hybridized carbons (Fsp3) is 0.130. The number of aromatic nitrogens is 4. The van der Waals surface area contributed by atoms with Gasteiger partial charge in [-0.05, 0) is 0 Å². The summed E-state index contributed by atoms with van der Waals surface area (Å²) in [6, 6.07) is 18.8. The van der Waals surface area contributed by atoms with Crippen molar-refractivity contribution in [2.75, 3.05) is 11.5 Å². The number of nitrogen functional groups attached to an aromatic ring is 1. The number of benzene rings is 2. The Balaban J connectivity index is 1.41. The first-order valence-electron chi connectivity index (χ1n) is 9.93. The Hall–Kier alpha value is -2.75. The Morgan fingerprint density at radius 2 is 1.85 bits per heavy atom. The van der Waals surface area contributed by atoms with E-state index in [2.05, 4.69) is 21.8 Å². The SMILES string of the molecule is Nc1ncnc2c1c(C#Cc1ccccc1)nn2[I-][C@H]1SSCC1OC(=O)c1ccccc1. The van der Waals surface area contributed by atoms with Gasteiger partial charge >= 0.3 is 210 Å². The number of nitrogens with two attached hydrogens (primary N) is 1. The van der Waals surface area contributed by atoms with Crippen LogP contribution < -0.4 is 27.2 Å². The summed E-state index contributed by atoms with van der Waals surface area (Å²) in [4.78, 5) is 21.1. The van der Waals surface area contributed by atoms with Crippen molar-refractivity contribution in [2.24, 2.45) is 0 Å². The van der Waals surface area contributed by atoms with E-state index in [1.807, 2.05) is 51.4 Å². The fourth-order valence-electron chi connectivity index (χ4n) is 3.10. The fourth-order valence-corrected chi connectivity index (χ4v) is 10.9. The minimum absolute atomic E-state index is 0.121. The predicted molar refractivity (Wildman–Crippen MR) is 127 cm³/mol. The number of nitrogens with zero attached hydrogens (tertiary/aromatic N) is 4. The summed E-state index contributed by atoms with van der Waals surface area (Å²) >= 11 is -0.723. The molecule has 5 rings (SSSR count). The normalized spacial score (nSPS) is 17.6. The van der Waals surface area contributed by atoms with E-state index in [0.29, 0.717) is 28.1 Å². The van der Waals surface area contributed by atoms with Crippen molar-refractivity contribution in [1.29, 1.82) is 0 Å². The van der Waals surface area contributed by atoms with E-state index in [1.54, 1.807) is 33.7 Å². The van der Waals surface area contributed by atoms with E-state index in [0.717, 1.165) is 11.3 Å². The molecular weight excluding hydrogens is 569 g/mol. The summed E-state index contributed by atoms with van der Waals surface area (Å²) in [5, 5.41) is 5.41. The number of hydrogen-bond acceptors (Lipinski definition) is 8. The third-order valence-electron chi connectivity index (χ3n) is 4.70. The van der Waals surface area contributed by atoms with Gasteiger partial charge in [-0.3, -0.25) is 0 Å². The van der Waals surface area contributed by atoms with Gasteiger partial charge in [0.1, 0.15) is 0 Å². The summed E-state index contributed by atoms with van der Waals surface area (Å²) in [6.45, 7) is 0. The number of halogens is 1. The Bertz CT molecular complexity index is 1360. The van der Waals surface area contributed by atoms with Crippen LogP contribution in [-0.2, 0) is 4.74 Å². The number of carbonyl (C=O) groups excluding carboxylic acids is 1. The Labute approximate surface area is 208 Å². The molecule has 1 fully saturated rings. The van der Waals surface area contributed by atoms with Gasteiger partial charge in [0, 0.05) is 0 Å². The van der Waals surface area contributed by atoms with Gasteiger partial charge in [0.15, 0.2) is 0 Å². The summed E-state index contributed by atoms with van der Waals surface area (Å²) in [5.74, 6) is 7.06. The molecule has 4 aromatic rings. The van der Waals surface area contributed by atoms with Crippen molar-refractivity contribution < 1.29 is 31.0 Å². The molecule has 0 radical (unpaired) electrons. The van der Waals surface area contributed by atoms with Crippen LogP contribution in [0, 0.1) is 11.8 Å². The van der Waals surface area contributed by atoms with Gasteiger partial charge in [0.25, 0.3) is 0 Å². The van der Waals surface area contributed by atoms with Gasteiger partial charge in [-0.1, -0.05) is 0 Å². The van der Waals surface area contributed by atoms with Crippen molar-refractivity contribution in [3.63, 3.8) is 0 Å². The second-order valence-electron chi connectivity index (χ2n) is 6.92. The molecule has 2 N–H and O–H groups in total. The number of ether oxygens (including phenoxy) is 1. The first-order valence-corrected chi connectivity index (χ1v) is 14.5. The van der Waals surface area contributed by atoms with E-state index in [9.17, 15) is 4.79 Å². The Morgan fingerprint density at radius 1 is 1.09 bits per heavy atom.